The van der Waals surface area contributed by atoms with Crippen molar-refractivity contribution >= 4 is 21.9 Å². The van der Waals surface area contributed by atoms with Crippen molar-refractivity contribution < 1.29 is 9.47 Å². The van der Waals surface area contributed by atoms with E-state index in [1.807, 2.05) is 6.92 Å². The van der Waals surface area contributed by atoms with Gasteiger partial charge < -0.3 is 14.8 Å². The monoisotopic (exact) mass is 353 g/mol. The predicted octanol–water partition coefficient (Wildman–Crippen LogP) is 3.04. The van der Waals surface area contributed by atoms with Crippen molar-refractivity contribution in [2.45, 2.75) is 20.3 Å². The lowest BCUT2D eigenvalue weighted by molar-refractivity contribution is 0.303. The molecule has 0 fully saturated rings. The van der Waals surface area contributed by atoms with Crippen LogP contribution in [0.25, 0.3) is 0 Å². The van der Waals surface area contributed by atoms with Gasteiger partial charge in [0.05, 0.1) is 12.8 Å². The summed E-state index contributed by atoms with van der Waals surface area (Å²) in [6, 6.07) is 2.16. The molecule has 0 atom stereocenters. The van der Waals surface area contributed by atoms with Gasteiger partial charge in [-0.15, -0.1) is 4.98 Å². The number of anilines is 1. The Balaban J connectivity index is 2.22. The average molecular weight is 354 g/mol. The zero-order chi connectivity index (χ0) is 15.1. The summed E-state index contributed by atoms with van der Waals surface area (Å²) in [5.74, 6) is 0.952. The first-order chi connectivity index (χ1) is 10.2. The first kappa shape index (κ1) is 15.4. The van der Waals surface area contributed by atoms with E-state index in [2.05, 4.69) is 48.1 Å². The lowest BCUT2D eigenvalue weighted by atomic mass is 10.5. The van der Waals surface area contributed by atoms with Crippen molar-refractivity contribution in [3.8, 4) is 17.8 Å². The quantitative estimate of drug-likeness (QED) is 0.818. The fourth-order valence-electron chi connectivity index (χ4n) is 1.45. The summed E-state index contributed by atoms with van der Waals surface area (Å²) in [5, 5.41) is 3.08. The van der Waals surface area contributed by atoms with Crippen LogP contribution in [0, 0.1) is 0 Å². The third kappa shape index (κ3) is 4.82. The fourth-order valence-corrected chi connectivity index (χ4v) is 1.79. The maximum absolute atomic E-state index is 5.59. The summed E-state index contributed by atoms with van der Waals surface area (Å²) in [7, 11) is 0. The van der Waals surface area contributed by atoms with Gasteiger partial charge in [0.2, 0.25) is 5.95 Å². The number of aromatic nitrogens is 4. The number of hydrogen-bond donors (Lipinski definition) is 1. The summed E-state index contributed by atoms with van der Waals surface area (Å²) in [6.07, 6.45) is 4.20. The van der Waals surface area contributed by atoms with Crippen LogP contribution in [-0.4, -0.2) is 33.1 Å². The van der Waals surface area contributed by atoms with E-state index in [0.717, 1.165) is 17.4 Å². The molecule has 0 unspecified atom stereocenters. The van der Waals surface area contributed by atoms with Crippen LogP contribution in [0.15, 0.2) is 22.9 Å². The van der Waals surface area contributed by atoms with Crippen LogP contribution < -0.4 is 14.8 Å². The Morgan fingerprint density at radius 3 is 2.67 bits per heavy atom. The molecule has 0 saturated carbocycles. The highest BCUT2D eigenvalue weighted by atomic mass is 79.9. The Labute approximate surface area is 131 Å². The number of halogens is 1. The van der Waals surface area contributed by atoms with Gasteiger partial charge in [0, 0.05) is 17.2 Å². The number of nitrogens with one attached hydrogen (secondary N) is 1. The Kier molecular flexibility index (Phi) is 5.68. The Bertz CT molecular complexity index is 597. The van der Waals surface area contributed by atoms with E-state index in [1.165, 1.54) is 0 Å². The van der Waals surface area contributed by atoms with Gasteiger partial charge >= 0.3 is 12.0 Å². The molecule has 21 heavy (non-hydrogen) atoms. The highest BCUT2D eigenvalue weighted by molar-refractivity contribution is 9.10. The van der Waals surface area contributed by atoms with Crippen LogP contribution in [0.5, 0.6) is 17.8 Å². The Morgan fingerprint density at radius 2 is 1.95 bits per heavy atom. The predicted molar refractivity (Wildman–Crippen MR) is 81.8 cm³/mol. The van der Waals surface area contributed by atoms with Gasteiger partial charge in [0.1, 0.15) is 0 Å². The van der Waals surface area contributed by atoms with Crippen LogP contribution in [0.4, 0.5) is 5.95 Å². The zero-order valence-corrected chi connectivity index (χ0v) is 13.4. The molecule has 8 heteroatoms. The van der Waals surface area contributed by atoms with Gasteiger partial charge in [-0.2, -0.15) is 9.97 Å². The molecule has 2 heterocycles. The molecular formula is C13H16BrN5O2. The van der Waals surface area contributed by atoms with Crippen molar-refractivity contribution in [1.82, 2.24) is 19.9 Å². The number of rotatable bonds is 7. The number of ether oxygens (including phenoxy) is 2. The first-order valence-corrected chi connectivity index (χ1v) is 7.41. The summed E-state index contributed by atoms with van der Waals surface area (Å²) < 4.78 is 11.7. The van der Waals surface area contributed by atoms with Crippen molar-refractivity contribution in [3.63, 3.8) is 0 Å². The topological polar surface area (TPSA) is 82.1 Å². The highest BCUT2D eigenvalue weighted by Crippen LogP contribution is 2.22. The maximum Gasteiger partial charge on any atom is 0.330 e. The second kappa shape index (κ2) is 7.72. The van der Waals surface area contributed by atoms with Crippen molar-refractivity contribution in [3.05, 3.63) is 22.9 Å². The maximum atomic E-state index is 5.59. The van der Waals surface area contributed by atoms with Crippen LogP contribution in [-0.2, 0) is 0 Å². The minimum absolute atomic E-state index is 0.159. The van der Waals surface area contributed by atoms with Gasteiger partial charge in [0.25, 0.3) is 0 Å². The van der Waals surface area contributed by atoms with E-state index in [-0.39, 0.29) is 12.0 Å². The third-order valence-electron chi connectivity index (χ3n) is 2.29. The lowest BCUT2D eigenvalue weighted by Gasteiger charge is -2.09. The second-order valence-corrected chi connectivity index (χ2v) is 4.94. The van der Waals surface area contributed by atoms with Gasteiger partial charge in [0.15, 0.2) is 5.75 Å². The molecule has 2 rings (SSSR count). The molecule has 0 amide bonds. The van der Waals surface area contributed by atoms with E-state index in [4.69, 9.17) is 9.47 Å². The average Bonchev–Trinajstić information content (AvgIpc) is 2.45. The molecular weight excluding hydrogens is 338 g/mol. The Morgan fingerprint density at radius 1 is 1.14 bits per heavy atom. The lowest BCUT2D eigenvalue weighted by Crippen LogP contribution is -2.08. The molecule has 0 aliphatic rings. The molecule has 2 aromatic rings. The molecule has 2 aromatic heterocycles. The molecule has 0 spiro atoms. The molecule has 0 aliphatic heterocycles. The molecule has 0 aliphatic carbocycles. The molecule has 0 radical (unpaired) electrons. The number of nitrogens with zero attached hydrogens (tertiary/aromatic N) is 4. The van der Waals surface area contributed by atoms with Crippen molar-refractivity contribution in [2.75, 3.05) is 18.5 Å². The van der Waals surface area contributed by atoms with Crippen LogP contribution >= 0.6 is 15.9 Å². The van der Waals surface area contributed by atoms with Crippen LogP contribution in [0.2, 0.25) is 0 Å². The smallest absolute Gasteiger partial charge is 0.330 e. The molecule has 7 nitrogen and oxygen atoms in total. The number of hydrogen-bond acceptors (Lipinski definition) is 7. The largest absolute Gasteiger partial charge is 0.464 e. The number of pyridine rings is 1. The third-order valence-corrected chi connectivity index (χ3v) is 2.72. The molecule has 0 bridgehead atoms. The summed E-state index contributed by atoms with van der Waals surface area (Å²) in [5.41, 5.74) is 0. The molecule has 1 N–H and O–H groups in total. The second-order valence-electron chi connectivity index (χ2n) is 4.02. The standard InChI is InChI=1S/C13H16BrN5O2/c1-3-5-16-11-17-12(20-4-2)19-13(18-11)21-10-6-9(14)7-15-8-10/h6-8H,3-5H2,1-2H3,(H,16,17,18,19). The van der Waals surface area contributed by atoms with E-state index in [0.29, 0.717) is 18.3 Å². The van der Waals surface area contributed by atoms with E-state index >= 15 is 0 Å². The molecule has 0 aromatic carbocycles. The van der Waals surface area contributed by atoms with Gasteiger partial charge in [-0.05, 0) is 35.3 Å². The first-order valence-electron chi connectivity index (χ1n) is 6.62. The summed E-state index contributed by atoms with van der Waals surface area (Å²) in [6.45, 7) is 5.15. The Hall–Kier alpha value is -1.96. The van der Waals surface area contributed by atoms with Crippen molar-refractivity contribution in [1.29, 1.82) is 0 Å². The van der Waals surface area contributed by atoms with Gasteiger partial charge in [-0.1, -0.05) is 6.92 Å². The zero-order valence-electron chi connectivity index (χ0n) is 11.8. The van der Waals surface area contributed by atoms with E-state index < -0.39 is 0 Å². The van der Waals surface area contributed by atoms with Crippen molar-refractivity contribution in [2.24, 2.45) is 0 Å². The fraction of sp³-hybridized carbons (Fsp3) is 0.385. The van der Waals surface area contributed by atoms with E-state index in [9.17, 15) is 0 Å². The van der Waals surface area contributed by atoms with Crippen LogP contribution in [0.3, 0.4) is 0 Å². The minimum atomic E-state index is 0.159. The highest BCUT2D eigenvalue weighted by Gasteiger charge is 2.09. The summed E-state index contributed by atoms with van der Waals surface area (Å²) in [4.78, 5) is 16.5. The SMILES string of the molecule is CCCNc1nc(OCC)nc(Oc2cncc(Br)c2)n1. The van der Waals surface area contributed by atoms with Crippen LogP contribution in [0.1, 0.15) is 20.3 Å². The molecule has 0 saturated heterocycles. The normalized spacial score (nSPS) is 10.2. The molecule has 112 valence electrons. The van der Waals surface area contributed by atoms with Gasteiger partial charge in [-0.25, -0.2) is 0 Å². The summed E-state index contributed by atoms with van der Waals surface area (Å²) >= 11 is 3.33. The van der Waals surface area contributed by atoms with E-state index in [1.54, 1.807) is 18.5 Å². The minimum Gasteiger partial charge on any atom is -0.464 e. The van der Waals surface area contributed by atoms with Gasteiger partial charge in [-0.3, -0.25) is 4.98 Å².